The molecule has 0 saturated carbocycles. The quantitative estimate of drug-likeness (QED) is 0.282. The Labute approximate surface area is 202 Å². The largest absolute Gasteiger partial charge is 0.399 e. The van der Waals surface area contributed by atoms with Crippen LogP contribution in [-0.4, -0.2) is 57.0 Å². The second-order valence-electron chi connectivity index (χ2n) is 8.10. The number of nitrogens with two attached hydrogens (primary N) is 1. The number of ether oxygens (including phenoxy) is 1. The number of rotatable bonds is 9. The van der Waals surface area contributed by atoms with Gasteiger partial charge >= 0.3 is 0 Å². The van der Waals surface area contributed by atoms with Crippen LogP contribution in [0, 0.1) is 0 Å². The number of amides is 2. The number of methoxy groups -OCH3 is 1. The molecule has 3 N–H and O–H groups in total. The van der Waals surface area contributed by atoms with E-state index in [9.17, 15) is 9.59 Å². The van der Waals surface area contributed by atoms with Gasteiger partial charge in [-0.05, 0) is 42.3 Å². The van der Waals surface area contributed by atoms with Crippen molar-refractivity contribution in [1.82, 2.24) is 24.4 Å². The summed E-state index contributed by atoms with van der Waals surface area (Å²) >= 11 is 0. The number of fused-ring (bicyclic) bond motifs is 1. The fourth-order valence-corrected chi connectivity index (χ4v) is 3.71. The number of nitrogens with zero attached hydrogens (tertiary/aromatic N) is 5. The zero-order valence-electron chi connectivity index (χ0n) is 19.6. The lowest BCUT2D eigenvalue weighted by Crippen LogP contribution is -2.26. The maximum atomic E-state index is 13.0. The van der Waals surface area contributed by atoms with Crippen LogP contribution < -0.4 is 11.1 Å². The molecule has 3 heterocycles. The maximum absolute atomic E-state index is 13.0. The van der Waals surface area contributed by atoms with Crippen molar-refractivity contribution in [2.75, 3.05) is 31.8 Å². The molecule has 0 bridgehead atoms. The van der Waals surface area contributed by atoms with Gasteiger partial charge in [-0.25, -0.2) is 9.97 Å². The summed E-state index contributed by atoms with van der Waals surface area (Å²) in [7, 11) is 3.35. The van der Waals surface area contributed by atoms with E-state index in [-0.39, 0.29) is 11.8 Å². The zero-order valence-corrected chi connectivity index (χ0v) is 19.6. The molecule has 0 aliphatic heterocycles. The molecule has 0 aliphatic carbocycles. The number of imidazole rings is 1. The number of nitrogen functional groups attached to an aromatic ring is 1. The molecule has 3 aromatic heterocycles. The molecule has 0 unspecified atom stereocenters. The molecule has 0 saturated heterocycles. The minimum atomic E-state index is -0.340. The number of benzene rings is 1. The van der Waals surface area contributed by atoms with Crippen molar-refractivity contribution in [3.8, 4) is 0 Å². The Balaban J connectivity index is 1.61. The maximum Gasteiger partial charge on any atom is 0.258 e. The molecule has 2 amide bonds. The molecule has 4 aromatic rings. The van der Waals surface area contributed by atoms with Gasteiger partial charge in [0.15, 0.2) is 5.65 Å². The van der Waals surface area contributed by atoms with E-state index in [0.29, 0.717) is 60.0 Å². The first-order valence-electron chi connectivity index (χ1n) is 11.1. The molecule has 1 aromatic carbocycles. The second kappa shape index (κ2) is 10.7. The van der Waals surface area contributed by atoms with Crippen LogP contribution >= 0.6 is 0 Å². The van der Waals surface area contributed by atoms with Crippen LogP contribution in [0.2, 0.25) is 0 Å². The predicted molar refractivity (Wildman–Crippen MR) is 133 cm³/mol. The highest BCUT2D eigenvalue weighted by molar-refractivity contribution is 6.04. The fraction of sp³-hybridized carbons (Fsp3) is 0.240. The van der Waals surface area contributed by atoms with Crippen molar-refractivity contribution in [1.29, 1.82) is 0 Å². The predicted octanol–water partition coefficient (Wildman–Crippen LogP) is 2.97. The topological polar surface area (TPSA) is 128 Å². The van der Waals surface area contributed by atoms with Crippen molar-refractivity contribution in [2.45, 2.75) is 19.5 Å². The molecular weight excluding hydrogens is 446 g/mol. The van der Waals surface area contributed by atoms with Crippen LogP contribution in [0.4, 0.5) is 11.6 Å². The minimum absolute atomic E-state index is 0.192. The Hall–Kier alpha value is -4.31. The smallest absolute Gasteiger partial charge is 0.258 e. The summed E-state index contributed by atoms with van der Waals surface area (Å²) in [6.07, 6.45) is 5.64. The highest BCUT2D eigenvalue weighted by Crippen LogP contribution is 2.21. The number of aromatic nitrogens is 4. The molecular formula is C25H27N7O3. The lowest BCUT2D eigenvalue weighted by Gasteiger charge is -2.17. The van der Waals surface area contributed by atoms with Crippen molar-refractivity contribution in [2.24, 2.45) is 0 Å². The second-order valence-corrected chi connectivity index (χ2v) is 8.10. The third-order valence-electron chi connectivity index (χ3n) is 5.43. The molecule has 4 rings (SSSR count). The molecule has 10 heteroatoms. The summed E-state index contributed by atoms with van der Waals surface area (Å²) in [4.78, 5) is 40.6. The van der Waals surface area contributed by atoms with E-state index in [2.05, 4.69) is 20.3 Å². The van der Waals surface area contributed by atoms with E-state index < -0.39 is 0 Å². The molecule has 0 spiro atoms. The third-order valence-corrected chi connectivity index (χ3v) is 5.43. The first-order chi connectivity index (χ1) is 17.0. The van der Waals surface area contributed by atoms with Gasteiger partial charge in [-0.15, -0.1) is 0 Å². The number of carbonyl (C=O) groups excluding carboxylic acids is 2. The normalized spacial score (nSPS) is 10.9. The standard InChI is InChI=1S/C25H27N7O3/c1-31(16-17-6-4-9-27-14-17)24(34)19-13-21-22(28-15-19)32(10-5-11-35-2)25(29-21)30-23(33)18-7-3-8-20(26)12-18/h3-4,6-9,12-15H,5,10-11,16,26H2,1-2H3,(H,29,30,33). The highest BCUT2D eigenvalue weighted by Gasteiger charge is 2.19. The average molecular weight is 474 g/mol. The monoisotopic (exact) mass is 473 g/mol. The van der Waals surface area contributed by atoms with Crippen LogP contribution in [-0.2, 0) is 17.8 Å². The first-order valence-corrected chi connectivity index (χ1v) is 11.1. The molecule has 180 valence electrons. The Morgan fingerprint density at radius 1 is 1.14 bits per heavy atom. The van der Waals surface area contributed by atoms with Gasteiger partial charge in [-0.1, -0.05) is 12.1 Å². The Morgan fingerprint density at radius 3 is 2.74 bits per heavy atom. The van der Waals surface area contributed by atoms with Crippen LogP contribution in [0.1, 0.15) is 32.7 Å². The van der Waals surface area contributed by atoms with Crippen molar-refractivity contribution in [3.05, 3.63) is 77.7 Å². The highest BCUT2D eigenvalue weighted by atomic mass is 16.5. The van der Waals surface area contributed by atoms with Gasteiger partial charge < -0.3 is 15.4 Å². The van der Waals surface area contributed by atoms with Gasteiger partial charge in [-0.2, -0.15) is 0 Å². The lowest BCUT2D eigenvalue weighted by molar-refractivity contribution is 0.0784. The van der Waals surface area contributed by atoms with E-state index in [1.54, 1.807) is 61.8 Å². The third kappa shape index (κ3) is 5.61. The van der Waals surface area contributed by atoms with Crippen molar-refractivity contribution >= 4 is 34.6 Å². The van der Waals surface area contributed by atoms with Crippen LogP contribution in [0.15, 0.2) is 61.1 Å². The number of hydrogen-bond donors (Lipinski definition) is 2. The molecule has 0 radical (unpaired) electrons. The van der Waals surface area contributed by atoms with E-state index in [1.165, 1.54) is 6.20 Å². The van der Waals surface area contributed by atoms with Gasteiger partial charge in [0, 0.05) is 63.7 Å². The number of carbonyl (C=O) groups is 2. The minimum Gasteiger partial charge on any atom is -0.399 e. The van der Waals surface area contributed by atoms with Gasteiger partial charge in [0.1, 0.15) is 5.52 Å². The summed E-state index contributed by atoms with van der Waals surface area (Å²) in [5, 5.41) is 2.85. The summed E-state index contributed by atoms with van der Waals surface area (Å²) in [6.45, 7) is 1.48. The fourth-order valence-electron chi connectivity index (χ4n) is 3.71. The Morgan fingerprint density at radius 2 is 2.00 bits per heavy atom. The molecule has 35 heavy (non-hydrogen) atoms. The van der Waals surface area contributed by atoms with E-state index >= 15 is 0 Å². The van der Waals surface area contributed by atoms with Gasteiger partial charge in [0.05, 0.1) is 5.56 Å². The van der Waals surface area contributed by atoms with E-state index in [1.807, 2.05) is 16.7 Å². The molecule has 0 aliphatic rings. The number of aryl methyl sites for hydroxylation is 1. The summed E-state index contributed by atoms with van der Waals surface area (Å²) < 4.78 is 6.98. The number of nitrogens with one attached hydrogen (secondary N) is 1. The van der Waals surface area contributed by atoms with Gasteiger partial charge in [-0.3, -0.25) is 24.5 Å². The van der Waals surface area contributed by atoms with E-state index in [4.69, 9.17) is 10.5 Å². The summed E-state index contributed by atoms with van der Waals surface area (Å²) in [5.74, 6) is -0.194. The van der Waals surface area contributed by atoms with Gasteiger partial charge in [0.25, 0.3) is 11.8 Å². The van der Waals surface area contributed by atoms with Crippen molar-refractivity contribution < 1.29 is 14.3 Å². The Bertz CT molecular complexity index is 1340. The Kier molecular flexibility index (Phi) is 7.32. The first kappa shape index (κ1) is 23.8. The molecule has 10 nitrogen and oxygen atoms in total. The molecule has 0 atom stereocenters. The van der Waals surface area contributed by atoms with Crippen LogP contribution in [0.25, 0.3) is 11.2 Å². The van der Waals surface area contributed by atoms with Crippen molar-refractivity contribution in [3.63, 3.8) is 0 Å². The zero-order chi connectivity index (χ0) is 24.8. The lowest BCUT2D eigenvalue weighted by atomic mass is 10.2. The summed E-state index contributed by atoms with van der Waals surface area (Å²) in [6, 6.07) is 12.1. The number of anilines is 2. The van der Waals surface area contributed by atoms with Crippen LogP contribution in [0.3, 0.4) is 0 Å². The average Bonchev–Trinajstić information content (AvgIpc) is 3.20. The summed E-state index contributed by atoms with van der Waals surface area (Å²) in [5.41, 5.74) is 9.12. The SMILES string of the molecule is COCCCn1c(NC(=O)c2cccc(N)c2)nc2cc(C(=O)N(C)Cc3cccnc3)cnc21. The number of pyridine rings is 2. The molecule has 0 fully saturated rings. The van der Waals surface area contributed by atoms with Gasteiger partial charge in [0.2, 0.25) is 5.95 Å². The van der Waals surface area contributed by atoms with Crippen LogP contribution in [0.5, 0.6) is 0 Å². The van der Waals surface area contributed by atoms with E-state index in [0.717, 1.165) is 5.56 Å². The number of hydrogen-bond acceptors (Lipinski definition) is 7.